The third-order valence-corrected chi connectivity index (χ3v) is 2.66. The maximum Gasteiger partial charge on any atom is 0.172 e. The van der Waals surface area contributed by atoms with Crippen molar-refractivity contribution in [1.82, 2.24) is 0 Å². The predicted molar refractivity (Wildman–Crippen MR) is 52.7 cm³/mol. The molecule has 1 nitrogen and oxygen atoms in total. The first-order chi connectivity index (χ1) is 5.70. The minimum Gasteiger partial charge on any atom is -0.293 e. The Balaban J connectivity index is 2.40. The Bertz CT molecular complexity index is 236. The Morgan fingerprint density at radius 1 is 1.58 bits per heavy atom. The van der Waals surface area contributed by atoms with Gasteiger partial charge in [-0.2, -0.15) is 0 Å². The van der Waals surface area contributed by atoms with Gasteiger partial charge in [0.1, 0.15) is 0 Å². The highest BCUT2D eigenvalue weighted by Crippen LogP contribution is 2.14. The lowest BCUT2D eigenvalue weighted by Gasteiger charge is -2.01. The van der Waals surface area contributed by atoms with Crippen molar-refractivity contribution in [2.24, 2.45) is 5.92 Å². The third kappa shape index (κ3) is 2.78. The molecule has 1 aromatic heterocycles. The van der Waals surface area contributed by atoms with Crippen LogP contribution >= 0.6 is 11.3 Å². The molecule has 0 atom stereocenters. The van der Waals surface area contributed by atoms with E-state index in [1.54, 1.807) is 0 Å². The average Bonchev–Trinajstić information content (AvgIpc) is 2.51. The fourth-order valence-electron chi connectivity index (χ4n) is 0.980. The number of carbonyl (C=O) groups is 1. The lowest BCUT2D eigenvalue weighted by molar-refractivity contribution is 0.0979. The number of thiophene rings is 1. The summed E-state index contributed by atoms with van der Waals surface area (Å²) in [6, 6.07) is 3.82. The largest absolute Gasteiger partial charge is 0.293 e. The van der Waals surface area contributed by atoms with Crippen molar-refractivity contribution in [3.8, 4) is 0 Å². The van der Waals surface area contributed by atoms with Gasteiger partial charge in [-0.3, -0.25) is 4.79 Å². The smallest absolute Gasteiger partial charge is 0.172 e. The van der Waals surface area contributed by atoms with E-state index in [9.17, 15) is 4.79 Å². The lowest BCUT2D eigenvalue weighted by atomic mass is 10.1. The van der Waals surface area contributed by atoms with E-state index < -0.39 is 0 Å². The van der Waals surface area contributed by atoms with Crippen LogP contribution in [0.25, 0.3) is 0 Å². The van der Waals surface area contributed by atoms with Crippen LogP contribution in [-0.2, 0) is 0 Å². The molecule has 0 spiro atoms. The van der Waals surface area contributed by atoms with Crippen molar-refractivity contribution < 1.29 is 4.79 Å². The summed E-state index contributed by atoms with van der Waals surface area (Å²) in [6.45, 7) is 4.28. The quantitative estimate of drug-likeness (QED) is 0.652. The molecule has 0 saturated heterocycles. The molecular weight excluding hydrogens is 168 g/mol. The van der Waals surface area contributed by atoms with Gasteiger partial charge < -0.3 is 0 Å². The van der Waals surface area contributed by atoms with Crippen LogP contribution in [0.1, 0.15) is 36.4 Å². The van der Waals surface area contributed by atoms with Gasteiger partial charge in [0.15, 0.2) is 5.78 Å². The van der Waals surface area contributed by atoms with E-state index in [-0.39, 0.29) is 0 Å². The van der Waals surface area contributed by atoms with Crippen molar-refractivity contribution in [3.63, 3.8) is 0 Å². The molecule has 0 radical (unpaired) electrons. The number of hydrogen-bond acceptors (Lipinski definition) is 2. The maximum atomic E-state index is 11.4. The topological polar surface area (TPSA) is 17.1 Å². The van der Waals surface area contributed by atoms with Gasteiger partial charge in [0.25, 0.3) is 0 Å². The Kier molecular flexibility index (Phi) is 3.48. The van der Waals surface area contributed by atoms with Gasteiger partial charge in [-0.05, 0) is 23.8 Å². The summed E-state index contributed by atoms with van der Waals surface area (Å²) in [5.74, 6) is 0.910. The second-order valence-electron chi connectivity index (χ2n) is 3.33. The molecule has 0 N–H and O–H groups in total. The third-order valence-electron chi connectivity index (χ3n) is 1.74. The molecule has 0 aromatic carbocycles. The first-order valence-electron chi connectivity index (χ1n) is 4.27. The minimum absolute atomic E-state index is 0.290. The molecule has 0 aliphatic carbocycles. The van der Waals surface area contributed by atoms with Gasteiger partial charge in [0.2, 0.25) is 0 Å². The number of ketones is 1. The Morgan fingerprint density at radius 3 is 2.83 bits per heavy atom. The molecule has 0 amide bonds. The molecule has 2 heteroatoms. The van der Waals surface area contributed by atoms with Crippen LogP contribution in [0.5, 0.6) is 0 Å². The van der Waals surface area contributed by atoms with Crippen molar-refractivity contribution in [2.45, 2.75) is 26.7 Å². The van der Waals surface area contributed by atoms with E-state index in [0.717, 1.165) is 11.3 Å². The van der Waals surface area contributed by atoms with E-state index in [4.69, 9.17) is 0 Å². The van der Waals surface area contributed by atoms with Gasteiger partial charge in [0.05, 0.1) is 4.88 Å². The van der Waals surface area contributed by atoms with Gasteiger partial charge in [0, 0.05) is 6.42 Å². The zero-order valence-corrected chi connectivity index (χ0v) is 8.36. The van der Waals surface area contributed by atoms with E-state index in [2.05, 4.69) is 13.8 Å². The summed E-state index contributed by atoms with van der Waals surface area (Å²) in [6.07, 6.45) is 1.69. The lowest BCUT2D eigenvalue weighted by Crippen LogP contribution is -1.98. The summed E-state index contributed by atoms with van der Waals surface area (Å²) in [5, 5.41) is 1.95. The van der Waals surface area contributed by atoms with Crippen LogP contribution < -0.4 is 0 Å². The Morgan fingerprint density at radius 2 is 2.33 bits per heavy atom. The first-order valence-corrected chi connectivity index (χ1v) is 5.15. The minimum atomic E-state index is 0.290. The molecule has 0 fully saturated rings. The molecule has 0 aliphatic heterocycles. The summed E-state index contributed by atoms with van der Waals surface area (Å²) < 4.78 is 0. The Labute approximate surface area is 77.4 Å². The normalized spacial score (nSPS) is 10.6. The first kappa shape index (κ1) is 9.46. The zero-order valence-electron chi connectivity index (χ0n) is 7.54. The summed E-state index contributed by atoms with van der Waals surface area (Å²) in [5.41, 5.74) is 0. The number of hydrogen-bond donors (Lipinski definition) is 0. The van der Waals surface area contributed by atoms with Crippen molar-refractivity contribution >= 4 is 17.1 Å². The number of rotatable bonds is 4. The molecule has 66 valence electrons. The molecule has 1 aromatic rings. The molecule has 1 rings (SSSR count). The highest BCUT2D eigenvalue weighted by Gasteiger charge is 2.06. The standard InChI is InChI=1S/C10H14OS/c1-8(2)5-6-9(11)10-4-3-7-12-10/h3-4,7-8H,5-6H2,1-2H3. The SMILES string of the molecule is CC(C)CCC(=O)c1cccs1. The summed E-state index contributed by atoms with van der Waals surface area (Å²) in [7, 11) is 0. The number of Topliss-reactive ketones (excluding diaryl/α,β-unsaturated/α-hetero) is 1. The molecule has 0 bridgehead atoms. The Hall–Kier alpha value is -0.630. The molecule has 12 heavy (non-hydrogen) atoms. The second-order valence-corrected chi connectivity index (χ2v) is 4.28. The predicted octanol–water partition coefficient (Wildman–Crippen LogP) is 3.37. The molecular formula is C10H14OS. The summed E-state index contributed by atoms with van der Waals surface area (Å²) >= 11 is 1.53. The fraction of sp³-hybridized carbons (Fsp3) is 0.500. The van der Waals surface area contributed by atoms with Crippen LogP contribution in [0.4, 0.5) is 0 Å². The van der Waals surface area contributed by atoms with Crippen LogP contribution in [0.15, 0.2) is 17.5 Å². The molecule has 0 saturated carbocycles. The van der Waals surface area contributed by atoms with E-state index in [1.165, 1.54) is 11.3 Å². The van der Waals surface area contributed by atoms with Crippen LogP contribution in [0, 0.1) is 5.92 Å². The van der Waals surface area contributed by atoms with Gasteiger partial charge >= 0.3 is 0 Å². The maximum absolute atomic E-state index is 11.4. The van der Waals surface area contributed by atoms with Crippen LogP contribution in [-0.4, -0.2) is 5.78 Å². The highest BCUT2D eigenvalue weighted by molar-refractivity contribution is 7.12. The monoisotopic (exact) mass is 182 g/mol. The average molecular weight is 182 g/mol. The van der Waals surface area contributed by atoms with Crippen LogP contribution in [0.3, 0.4) is 0 Å². The van der Waals surface area contributed by atoms with E-state index in [0.29, 0.717) is 18.1 Å². The van der Waals surface area contributed by atoms with Crippen molar-refractivity contribution in [1.29, 1.82) is 0 Å². The van der Waals surface area contributed by atoms with Crippen molar-refractivity contribution in [2.75, 3.05) is 0 Å². The van der Waals surface area contributed by atoms with Crippen LogP contribution in [0.2, 0.25) is 0 Å². The zero-order chi connectivity index (χ0) is 8.97. The molecule has 0 aliphatic rings. The van der Waals surface area contributed by atoms with Gasteiger partial charge in [-0.15, -0.1) is 11.3 Å². The second kappa shape index (κ2) is 4.41. The highest BCUT2D eigenvalue weighted by atomic mass is 32.1. The fourth-order valence-corrected chi connectivity index (χ4v) is 1.67. The van der Waals surface area contributed by atoms with Gasteiger partial charge in [-0.1, -0.05) is 19.9 Å². The molecule has 0 unspecified atom stereocenters. The summed E-state index contributed by atoms with van der Waals surface area (Å²) in [4.78, 5) is 12.3. The van der Waals surface area contributed by atoms with E-state index in [1.807, 2.05) is 17.5 Å². The molecule has 1 heterocycles. The van der Waals surface area contributed by atoms with Gasteiger partial charge in [-0.25, -0.2) is 0 Å². The van der Waals surface area contributed by atoms with E-state index >= 15 is 0 Å². The number of carbonyl (C=O) groups excluding carboxylic acids is 1. The van der Waals surface area contributed by atoms with Crippen molar-refractivity contribution in [3.05, 3.63) is 22.4 Å².